The van der Waals surface area contributed by atoms with E-state index < -0.39 is 40.2 Å². The van der Waals surface area contributed by atoms with Crippen LogP contribution in [0, 0.1) is 11.3 Å². The summed E-state index contributed by atoms with van der Waals surface area (Å²) in [5, 5.41) is 11.2. The first-order valence-corrected chi connectivity index (χ1v) is 8.73. The van der Waals surface area contributed by atoms with E-state index in [1.807, 2.05) is 0 Å². The fourth-order valence-corrected chi connectivity index (χ4v) is 3.61. The van der Waals surface area contributed by atoms with Crippen LogP contribution in [0.1, 0.15) is 32.8 Å². The maximum absolute atomic E-state index is 13.0. The summed E-state index contributed by atoms with van der Waals surface area (Å²) in [5.41, 5.74) is -1.63. The summed E-state index contributed by atoms with van der Waals surface area (Å²) in [6.07, 6.45) is -4.49. The Morgan fingerprint density at radius 1 is 1.31 bits per heavy atom. The summed E-state index contributed by atoms with van der Waals surface area (Å²) in [6, 6.07) is 4.89. The number of benzene rings is 1. The molecule has 0 aromatic heterocycles. The molecule has 5 nitrogen and oxygen atoms in total. The fraction of sp³-hybridized carbons (Fsp3) is 0.471. The van der Waals surface area contributed by atoms with Crippen LogP contribution in [0.4, 0.5) is 18.9 Å². The van der Waals surface area contributed by atoms with Crippen LogP contribution in [-0.4, -0.2) is 27.4 Å². The number of carboxylic acid groups (broad SMARTS) is 1. The zero-order chi connectivity index (χ0) is 19.7. The van der Waals surface area contributed by atoms with Gasteiger partial charge >= 0.3 is 12.1 Å². The minimum atomic E-state index is -4.54. The quantitative estimate of drug-likeness (QED) is 0.806. The Balaban J connectivity index is 2.13. The fourth-order valence-electron chi connectivity index (χ4n) is 2.58. The van der Waals surface area contributed by atoms with Gasteiger partial charge in [0.05, 0.1) is 22.4 Å². The Morgan fingerprint density at radius 2 is 1.92 bits per heavy atom. The summed E-state index contributed by atoms with van der Waals surface area (Å²) in [6.45, 7) is 5.28. The molecule has 2 N–H and O–H groups in total. The maximum Gasteiger partial charge on any atom is 0.418 e. The van der Waals surface area contributed by atoms with Gasteiger partial charge in [0, 0.05) is 0 Å². The zero-order valence-corrected chi connectivity index (χ0v) is 15.2. The number of hydrogen-bond donors (Lipinski definition) is 2. The van der Waals surface area contributed by atoms with Crippen LogP contribution in [0.3, 0.4) is 0 Å². The number of rotatable bonds is 4. The zero-order valence-electron chi connectivity index (χ0n) is 14.4. The van der Waals surface area contributed by atoms with Gasteiger partial charge in [0.1, 0.15) is 0 Å². The number of halogens is 3. The number of hydrogen-bond acceptors (Lipinski definition) is 4. The van der Waals surface area contributed by atoms with Crippen molar-refractivity contribution in [2.24, 2.45) is 16.3 Å². The number of carbonyl (C=O) groups excluding carboxylic acids is 1. The highest BCUT2D eigenvalue weighted by atomic mass is 32.2. The van der Waals surface area contributed by atoms with E-state index >= 15 is 0 Å². The third kappa shape index (κ3) is 4.78. The van der Waals surface area contributed by atoms with Crippen LogP contribution in [-0.2, 0) is 15.8 Å². The van der Waals surface area contributed by atoms with Crippen molar-refractivity contribution in [1.82, 2.24) is 0 Å². The third-order valence-corrected chi connectivity index (χ3v) is 5.10. The van der Waals surface area contributed by atoms with E-state index in [2.05, 4.69) is 10.3 Å². The van der Waals surface area contributed by atoms with Crippen LogP contribution in [0.15, 0.2) is 29.3 Å². The SMILES string of the molecule is CC(C)(C)C(CC1SC(Nc2ccccc2C(F)(F)F)=NC1=O)C(=O)O. The molecule has 2 atom stereocenters. The smallest absolute Gasteiger partial charge is 0.418 e. The molecule has 142 valence electrons. The van der Waals surface area contributed by atoms with E-state index in [-0.39, 0.29) is 17.3 Å². The van der Waals surface area contributed by atoms with Crippen molar-refractivity contribution in [3.05, 3.63) is 29.8 Å². The lowest BCUT2D eigenvalue weighted by Crippen LogP contribution is -2.32. The van der Waals surface area contributed by atoms with Crippen molar-refractivity contribution < 1.29 is 27.9 Å². The highest BCUT2D eigenvalue weighted by Crippen LogP contribution is 2.38. The van der Waals surface area contributed by atoms with Gasteiger partial charge in [0.25, 0.3) is 5.91 Å². The molecule has 0 aliphatic carbocycles. The molecule has 2 rings (SSSR count). The highest BCUT2D eigenvalue weighted by Gasteiger charge is 2.39. The van der Waals surface area contributed by atoms with Crippen LogP contribution in [0.5, 0.6) is 0 Å². The molecular weight excluding hydrogens is 369 g/mol. The van der Waals surface area contributed by atoms with Gasteiger partial charge < -0.3 is 10.4 Å². The number of alkyl halides is 3. The molecule has 1 aromatic carbocycles. The minimum Gasteiger partial charge on any atom is -0.481 e. The summed E-state index contributed by atoms with van der Waals surface area (Å²) in [5.74, 6) is -2.34. The molecule has 1 heterocycles. The Morgan fingerprint density at radius 3 is 2.46 bits per heavy atom. The molecule has 0 fully saturated rings. The normalized spacial score (nSPS) is 19.2. The summed E-state index contributed by atoms with van der Waals surface area (Å²) in [4.78, 5) is 27.3. The van der Waals surface area contributed by atoms with E-state index in [0.29, 0.717) is 0 Å². The van der Waals surface area contributed by atoms with E-state index in [1.165, 1.54) is 18.2 Å². The number of thioether (sulfide) groups is 1. The Kier molecular flexibility index (Phi) is 5.70. The molecule has 0 radical (unpaired) electrons. The molecule has 0 spiro atoms. The topological polar surface area (TPSA) is 78.8 Å². The average Bonchev–Trinajstić information content (AvgIpc) is 2.82. The number of nitrogens with zero attached hydrogens (tertiary/aromatic N) is 1. The first kappa shape index (κ1) is 20.3. The van der Waals surface area contributed by atoms with E-state index in [1.54, 1.807) is 20.8 Å². The number of amidine groups is 1. The second-order valence-electron chi connectivity index (χ2n) is 7.02. The van der Waals surface area contributed by atoms with Crippen molar-refractivity contribution >= 4 is 34.5 Å². The number of aliphatic carboxylic acids is 1. The number of carboxylic acids is 1. The molecule has 9 heteroatoms. The second-order valence-corrected chi connectivity index (χ2v) is 8.21. The standard InChI is InChI=1S/C17H19F3N2O3S/c1-16(2,3)10(14(24)25)8-12-13(23)22-15(26-12)21-11-7-5-4-6-9(11)17(18,19)20/h4-7,10,12H,8H2,1-3H3,(H,24,25)(H,21,22,23). The van der Waals surface area contributed by atoms with Crippen LogP contribution in [0.2, 0.25) is 0 Å². The van der Waals surface area contributed by atoms with Crippen LogP contribution >= 0.6 is 11.8 Å². The summed E-state index contributed by atoms with van der Waals surface area (Å²) < 4.78 is 39.1. The second kappa shape index (κ2) is 7.30. The lowest BCUT2D eigenvalue weighted by Gasteiger charge is -2.28. The molecule has 0 bridgehead atoms. The van der Waals surface area contributed by atoms with E-state index in [4.69, 9.17) is 0 Å². The predicted molar refractivity (Wildman–Crippen MR) is 94.1 cm³/mol. The van der Waals surface area contributed by atoms with Crippen molar-refractivity contribution in [3.63, 3.8) is 0 Å². The largest absolute Gasteiger partial charge is 0.481 e. The van der Waals surface area contributed by atoms with Gasteiger partial charge in [0.2, 0.25) is 0 Å². The van der Waals surface area contributed by atoms with Crippen molar-refractivity contribution in [2.75, 3.05) is 5.32 Å². The predicted octanol–water partition coefficient (Wildman–Crippen LogP) is 4.25. The number of aliphatic imine (C=N–C) groups is 1. The molecule has 26 heavy (non-hydrogen) atoms. The first-order chi connectivity index (χ1) is 11.9. The molecule has 1 aromatic rings. The van der Waals surface area contributed by atoms with Crippen LogP contribution in [0.25, 0.3) is 0 Å². The van der Waals surface area contributed by atoms with Crippen molar-refractivity contribution in [2.45, 2.75) is 38.6 Å². The number of anilines is 1. The lowest BCUT2D eigenvalue weighted by atomic mass is 9.78. The molecule has 0 saturated heterocycles. The van der Waals surface area contributed by atoms with Crippen molar-refractivity contribution in [1.29, 1.82) is 0 Å². The Bertz CT molecular complexity index is 742. The Hall–Kier alpha value is -2.03. The molecular formula is C17H19F3N2O3S. The van der Waals surface area contributed by atoms with Gasteiger partial charge in [-0.25, -0.2) is 0 Å². The average molecular weight is 388 g/mol. The molecule has 1 aliphatic rings. The van der Waals surface area contributed by atoms with Crippen LogP contribution < -0.4 is 5.32 Å². The van der Waals surface area contributed by atoms with Gasteiger partial charge in [-0.15, -0.1) is 0 Å². The summed E-state index contributed by atoms with van der Waals surface area (Å²) in [7, 11) is 0. The highest BCUT2D eigenvalue weighted by molar-refractivity contribution is 8.15. The number of para-hydroxylation sites is 1. The van der Waals surface area contributed by atoms with Gasteiger partial charge in [-0.2, -0.15) is 18.2 Å². The molecule has 2 unspecified atom stereocenters. The first-order valence-electron chi connectivity index (χ1n) is 7.85. The third-order valence-electron chi connectivity index (χ3n) is 4.01. The van der Waals surface area contributed by atoms with E-state index in [0.717, 1.165) is 17.8 Å². The number of nitrogens with one attached hydrogen (secondary N) is 1. The molecule has 0 saturated carbocycles. The lowest BCUT2D eigenvalue weighted by molar-refractivity contribution is -0.145. The van der Waals surface area contributed by atoms with Gasteiger partial charge in [0.15, 0.2) is 5.17 Å². The minimum absolute atomic E-state index is 0.0368. The number of amides is 1. The molecule has 1 amide bonds. The maximum atomic E-state index is 13.0. The van der Waals surface area contributed by atoms with Gasteiger partial charge in [-0.05, 0) is 24.0 Å². The van der Waals surface area contributed by atoms with Gasteiger partial charge in [-0.1, -0.05) is 44.7 Å². The van der Waals surface area contributed by atoms with E-state index in [9.17, 15) is 27.9 Å². The number of carbonyl (C=O) groups is 2. The summed E-state index contributed by atoms with van der Waals surface area (Å²) >= 11 is 0.953. The Labute approximate surface area is 153 Å². The van der Waals surface area contributed by atoms with Gasteiger partial charge in [-0.3, -0.25) is 9.59 Å². The molecule has 1 aliphatic heterocycles. The monoisotopic (exact) mass is 388 g/mol. The van der Waals surface area contributed by atoms with Crippen molar-refractivity contribution in [3.8, 4) is 0 Å².